The van der Waals surface area contributed by atoms with Gasteiger partial charge in [-0.3, -0.25) is 4.98 Å². The van der Waals surface area contributed by atoms with Gasteiger partial charge in [0, 0.05) is 29.4 Å². The molecule has 0 saturated carbocycles. The summed E-state index contributed by atoms with van der Waals surface area (Å²) in [6.45, 7) is 12.1. The molecule has 3 rings (SSSR count). The lowest BCUT2D eigenvalue weighted by atomic mass is 9.81. The Labute approximate surface area is 160 Å². The normalized spacial score (nSPS) is 21.7. The number of dihydropyridines is 1. The average Bonchev–Trinajstić information content (AvgIpc) is 2.93. The van der Waals surface area contributed by atoms with Gasteiger partial charge in [-0.05, 0) is 53.2 Å². The van der Waals surface area contributed by atoms with E-state index in [4.69, 9.17) is 14.5 Å². The lowest BCUT2D eigenvalue weighted by Crippen LogP contribution is -2.32. The number of aromatic nitrogens is 1. The molecule has 2 aliphatic heterocycles. The predicted molar refractivity (Wildman–Crippen MR) is 104 cm³/mol. The van der Waals surface area contributed by atoms with E-state index < -0.39 is 0 Å². The highest BCUT2D eigenvalue weighted by Gasteiger charge is 2.40. The van der Waals surface area contributed by atoms with Crippen LogP contribution in [0.25, 0.3) is 0 Å². The first kappa shape index (κ1) is 19.1. The standard InChI is InChI=1S/C21H27N3O3/c1-12(2)27-20(25)17-14(4)23-13(3)16(19-24-21(5,6)11-26-19)18(17)15-8-7-9-22-10-15/h7-10,12,18,23H,11H2,1-6H3/t18-/m0/s1. The number of hydrogen-bond acceptors (Lipinski definition) is 6. The van der Waals surface area contributed by atoms with Crippen molar-refractivity contribution in [1.29, 1.82) is 0 Å². The summed E-state index contributed by atoms with van der Waals surface area (Å²) in [7, 11) is 0. The molecule has 0 spiro atoms. The molecule has 1 aromatic rings. The topological polar surface area (TPSA) is 72.8 Å². The summed E-state index contributed by atoms with van der Waals surface area (Å²) in [4.78, 5) is 22.0. The van der Waals surface area contributed by atoms with Crippen molar-refractivity contribution in [1.82, 2.24) is 10.3 Å². The molecule has 0 aliphatic carbocycles. The van der Waals surface area contributed by atoms with Crippen LogP contribution in [-0.2, 0) is 14.3 Å². The molecular weight excluding hydrogens is 342 g/mol. The molecule has 0 radical (unpaired) electrons. The Bertz CT molecular complexity index is 835. The fraction of sp³-hybridized carbons (Fsp3) is 0.476. The van der Waals surface area contributed by atoms with Gasteiger partial charge in [0.05, 0.1) is 23.1 Å². The molecule has 0 unspecified atom stereocenters. The molecule has 6 heteroatoms. The van der Waals surface area contributed by atoms with E-state index >= 15 is 0 Å². The highest BCUT2D eigenvalue weighted by molar-refractivity contribution is 6.02. The van der Waals surface area contributed by atoms with Gasteiger partial charge in [-0.15, -0.1) is 0 Å². The molecular formula is C21H27N3O3. The highest BCUT2D eigenvalue weighted by Crippen LogP contribution is 2.40. The fourth-order valence-corrected chi connectivity index (χ4v) is 3.43. The van der Waals surface area contributed by atoms with Gasteiger partial charge in [-0.25, -0.2) is 9.79 Å². The van der Waals surface area contributed by atoms with Gasteiger partial charge >= 0.3 is 5.97 Å². The highest BCUT2D eigenvalue weighted by atomic mass is 16.5. The number of rotatable bonds is 4. The lowest BCUT2D eigenvalue weighted by molar-refractivity contribution is -0.143. The van der Waals surface area contributed by atoms with Gasteiger partial charge < -0.3 is 14.8 Å². The second-order valence-corrected chi connectivity index (χ2v) is 7.89. The van der Waals surface area contributed by atoms with Crippen LogP contribution in [0.4, 0.5) is 0 Å². The van der Waals surface area contributed by atoms with E-state index in [0.29, 0.717) is 18.1 Å². The Balaban J connectivity index is 2.14. The maximum absolute atomic E-state index is 13.0. The summed E-state index contributed by atoms with van der Waals surface area (Å²) in [5.74, 6) is -0.119. The van der Waals surface area contributed by atoms with Crippen LogP contribution in [0.15, 0.2) is 52.1 Å². The number of carbonyl (C=O) groups is 1. The Morgan fingerprint density at radius 1 is 1.33 bits per heavy atom. The van der Waals surface area contributed by atoms with Gasteiger partial charge in [0.2, 0.25) is 5.90 Å². The van der Waals surface area contributed by atoms with Gasteiger partial charge in [0.25, 0.3) is 0 Å². The lowest BCUT2D eigenvalue weighted by Gasteiger charge is -2.31. The minimum Gasteiger partial charge on any atom is -0.475 e. The van der Waals surface area contributed by atoms with Crippen LogP contribution in [0.1, 0.15) is 53.0 Å². The number of esters is 1. The Morgan fingerprint density at radius 2 is 2.07 bits per heavy atom. The number of nitrogens with one attached hydrogen (secondary N) is 1. The van der Waals surface area contributed by atoms with E-state index in [0.717, 1.165) is 22.5 Å². The molecule has 2 aliphatic rings. The second-order valence-electron chi connectivity index (χ2n) is 7.89. The maximum atomic E-state index is 13.0. The van der Waals surface area contributed by atoms with Crippen LogP contribution in [0.3, 0.4) is 0 Å². The summed E-state index contributed by atoms with van der Waals surface area (Å²) in [5, 5.41) is 3.31. The summed E-state index contributed by atoms with van der Waals surface area (Å²) in [6.07, 6.45) is 3.29. The first-order valence-corrected chi connectivity index (χ1v) is 9.22. The summed E-state index contributed by atoms with van der Waals surface area (Å²) >= 11 is 0. The van der Waals surface area contributed by atoms with Crippen molar-refractivity contribution in [2.24, 2.45) is 4.99 Å². The van der Waals surface area contributed by atoms with Gasteiger partial charge in [0.15, 0.2) is 0 Å². The molecule has 3 heterocycles. The first-order valence-electron chi connectivity index (χ1n) is 9.22. The molecule has 0 bridgehead atoms. The maximum Gasteiger partial charge on any atom is 0.337 e. The zero-order valence-corrected chi connectivity index (χ0v) is 16.8. The van der Waals surface area contributed by atoms with E-state index in [-0.39, 0.29) is 23.5 Å². The number of aliphatic imine (C=N–C) groups is 1. The zero-order valence-electron chi connectivity index (χ0n) is 16.8. The van der Waals surface area contributed by atoms with Crippen molar-refractivity contribution in [2.45, 2.75) is 59.1 Å². The number of pyridine rings is 1. The molecule has 1 N–H and O–H groups in total. The fourth-order valence-electron chi connectivity index (χ4n) is 3.43. The van der Waals surface area contributed by atoms with Gasteiger partial charge in [-0.1, -0.05) is 6.07 Å². The predicted octanol–water partition coefficient (Wildman–Crippen LogP) is 3.48. The zero-order chi connectivity index (χ0) is 19.8. The molecule has 1 aromatic heterocycles. The molecule has 6 nitrogen and oxygen atoms in total. The molecule has 27 heavy (non-hydrogen) atoms. The van der Waals surface area contributed by atoms with Crippen molar-refractivity contribution in [3.8, 4) is 0 Å². The number of nitrogens with zero attached hydrogens (tertiary/aromatic N) is 2. The monoisotopic (exact) mass is 369 g/mol. The van der Waals surface area contributed by atoms with Crippen molar-refractivity contribution < 1.29 is 14.3 Å². The van der Waals surface area contributed by atoms with Crippen molar-refractivity contribution >= 4 is 11.9 Å². The van der Waals surface area contributed by atoms with Crippen molar-refractivity contribution in [2.75, 3.05) is 6.61 Å². The van der Waals surface area contributed by atoms with Crippen molar-refractivity contribution in [3.05, 3.63) is 52.6 Å². The second kappa shape index (κ2) is 7.18. The summed E-state index contributed by atoms with van der Waals surface area (Å²) in [6, 6.07) is 3.83. The van der Waals surface area contributed by atoms with Gasteiger partial charge in [-0.2, -0.15) is 0 Å². The van der Waals surface area contributed by atoms with Crippen LogP contribution < -0.4 is 5.32 Å². The quantitative estimate of drug-likeness (QED) is 0.823. The van der Waals surface area contributed by atoms with Crippen molar-refractivity contribution in [3.63, 3.8) is 0 Å². The Kier molecular flexibility index (Phi) is 5.09. The van der Waals surface area contributed by atoms with Crippen LogP contribution in [0.5, 0.6) is 0 Å². The smallest absolute Gasteiger partial charge is 0.337 e. The summed E-state index contributed by atoms with van der Waals surface area (Å²) < 4.78 is 11.5. The molecule has 0 amide bonds. The Morgan fingerprint density at radius 3 is 2.63 bits per heavy atom. The van der Waals surface area contributed by atoms with E-state index in [1.54, 1.807) is 12.4 Å². The first-order chi connectivity index (χ1) is 12.7. The summed E-state index contributed by atoms with van der Waals surface area (Å²) in [5.41, 5.74) is 3.71. The third-order valence-corrected chi connectivity index (χ3v) is 4.54. The minimum atomic E-state index is -0.348. The molecule has 0 aromatic carbocycles. The SMILES string of the molecule is CC1=C(C(=O)OC(C)C)[C@@H](c2cccnc2)C(C2=NC(C)(C)CO2)=C(C)N1. The van der Waals surface area contributed by atoms with E-state index in [2.05, 4.69) is 10.3 Å². The third-order valence-electron chi connectivity index (χ3n) is 4.54. The van der Waals surface area contributed by atoms with E-state index in [1.165, 1.54) is 0 Å². The minimum absolute atomic E-state index is 0.207. The molecule has 0 saturated heterocycles. The Hall–Kier alpha value is -2.63. The van der Waals surface area contributed by atoms with E-state index in [1.807, 2.05) is 53.7 Å². The number of hydrogen-bond donors (Lipinski definition) is 1. The molecule has 1 atom stereocenters. The van der Waals surface area contributed by atoms with Crippen LogP contribution in [0, 0.1) is 0 Å². The molecule has 144 valence electrons. The van der Waals surface area contributed by atoms with Crippen LogP contribution in [0.2, 0.25) is 0 Å². The number of allylic oxidation sites excluding steroid dienone is 2. The van der Waals surface area contributed by atoms with E-state index in [9.17, 15) is 4.79 Å². The van der Waals surface area contributed by atoms with Gasteiger partial charge in [0.1, 0.15) is 6.61 Å². The third kappa shape index (κ3) is 3.89. The largest absolute Gasteiger partial charge is 0.475 e. The number of ether oxygens (including phenoxy) is 2. The average molecular weight is 369 g/mol. The molecule has 0 fully saturated rings. The number of carbonyl (C=O) groups excluding carboxylic acids is 1. The van der Waals surface area contributed by atoms with Crippen LogP contribution >= 0.6 is 0 Å². The van der Waals surface area contributed by atoms with Crippen LogP contribution in [-0.4, -0.2) is 35.1 Å².